The van der Waals surface area contributed by atoms with Gasteiger partial charge in [-0.1, -0.05) is 32.9 Å². The van der Waals surface area contributed by atoms with E-state index in [1.165, 1.54) is 27.4 Å². The number of hydrogen-bond acceptors (Lipinski definition) is 6. The van der Waals surface area contributed by atoms with Crippen molar-refractivity contribution < 1.29 is 13.2 Å². The summed E-state index contributed by atoms with van der Waals surface area (Å²) in [6.07, 6.45) is 2.88. The molecule has 9 heteroatoms. The maximum Gasteiger partial charge on any atom is 0.244 e. The average Bonchev–Trinajstić information content (AvgIpc) is 3.17. The highest BCUT2D eigenvalue weighted by Crippen LogP contribution is 2.31. The van der Waals surface area contributed by atoms with Gasteiger partial charge in [0.1, 0.15) is 0 Å². The third-order valence-corrected chi connectivity index (χ3v) is 8.65. The lowest BCUT2D eigenvalue weighted by Gasteiger charge is -2.30. The van der Waals surface area contributed by atoms with Crippen LogP contribution in [0.15, 0.2) is 39.4 Å². The van der Waals surface area contributed by atoms with Crippen molar-refractivity contribution in [2.24, 2.45) is 5.92 Å². The predicted octanol–water partition coefficient (Wildman–Crippen LogP) is 4.20. The van der Waals surface area contributed by atoms with Crippen LogP contribution in [-0.4, -0.2) is 43.0 Å². The van der Waals surface area contributed by atoms with Crippen LogP contribution in [0.25, 0.3) is 0 Å². The van der Waals surface area contributed by atoms with Crippen LogP contribution in [0, 0.1) is 5.92 Å². The molecule has 3 rings (SSSR count). The van der Waals surface area contributed by atoms with Crippen molar-refractivity contribution in [1.82, 2.24) is 9.29 Å². The maximum atomic E-state index is 13.0. The number of thiazole rings is 1. The lowest BCUT2D eigenvalue weighted by Crippen LogP contribution is -2.41. The third-order valence-electron chi connectivity index (χ3n) is 5.01. The minimum Gasteiger partial charge on any atom is -0.302 e. The second-order valence-corrected chi connectivity index (χ2v) is 11.7. The van der Waals surface area contributed by atoms with Crippen LogP contribution < -0.4 is 5.32 Å². The zero-order valence-electron chi connectivity index (χ0n) is 17.1. The molecule has 1 N–H and O–H groups in total. The Morgan fingerprint density at radius 2 is 1.90 bits per heavy atom. The number of nitrogens with one attached hydrogen (secondary N) is 1. The number of aromatic nitrogens is 1. The van der Waals surface area contributed by atoms with Gasteiger partial charge in [-0.05, 0) is 31.2 Å². The first-order valence-electron chi connectivity index (χ1n) is 9.53. The number of rotatable bonds is 5. The molecule has 2 aromatic rings. The Bertz CT molecular complexity index is 972. The van der Waals surface area contributed by atoms with Gasteiger partial charge in [-0.25, -0.2) is 13.4 Å². The third kappa shape index (κ3) is 5.02. The van der Waals surface area contributed by atoms with Crippen LogP contribution in [0.5, 0.6) is 0 Å². The Morgan fingerprint density at radius 1 is 1.24 bits per heavy atom. The van der Waals surface area contributed by atoms with E-state index in [4.69, 9.17) is 0 Å². The largest absolute Gasteiger partial charge is 0.302 e. The van der Waals surface area contributed by atoms with E-state index in [-0.39, 0.29) is 17.2 Å². The van der Waals surface area contributed by atoms with Crippen LogP contribution in [0.3, 0.4) is 0 Å². The second kappa shape index (κ2) is 8.75. The molecule has 0 atom stereocenters. The zero-order valence-corrected chi connectivity index (χ0v) is 19.6. The molecule has 0 radical (unpaired) electrons. The number of hydrogen-bond donors (Lipinski definition) is 1. The number of anilines is 1. The van der Waals surface area contributed by atoms with Crippen molar-refractivity contribution >= 4 is 44.2 Å². The van der Waals surface area contributed by atoms with Gasteiger partial charge in [0.15, 0.2) is 5.13 Å². The molecule has 158 valence electrons. The molecule has 1 fully saturated rings. The molecule has 29 heavy (non-hydrogen) atoms. The van der Waals surface area contributed by atoms with E-state index >= 15 is 0 Å². The fourth-order valence-corrected chi connectivity index (χ4v) is 6.74. The van der Waals surface area contributed by atoms with Gasteiger partial charge >= 0.3 is 0 Å². The monoisotopic (exact) mass is 453 g/mol. The number of carbonyl (C=O) groups is 1. The summed E-state index contributed by atoms with van der Waals surface area (Å²) >= 11 is 2.84. The summed E-state index contributed by atoms with van der Waals surface area (Å²) in [5, 5.41) is 5.47. The van der Waals surface area contributed by atoms with Gasteiger partial charge in [0.2, 0.25) is 15.9 Å². The lowest BCUT2D eigenvalue weighted by atomic mass is 9.93. The van der Waals surface area contributed by atoms with E-state index in [9.17, 15) is 13.2 Å². The standard InChI is InChI=1S/C20H27N3O3S3/c1-20(2,3)17-13-28-19(21-17)22-18(24)14-9-11-23(12-10-14)29(25,26)16-8-6-5-7-15(16)27-4/h5-8,13-14H,9-12H2,1-4H3,(H,21,22,24). The van der Waals surface area contributed by atoms with Crippen molar-refractivity contribution in [3.05, 3.63) is 35.3 Å². The Hall–Kier alpha value is -1.42. The van der Waals surface area contributed by atoms with Crippen molar-refractivity contribution in [3.63, 3.8) is 0 Å². The molecular weight excluding hydrogens is 426 g/mol. The highest BCUT2D eigenvalue weighted by Gasteiger charge is 2.33. The van der Waals surface area contributed by atoms with Crippen LogP contribution in [0.2, 0.25) is 0 Å². The first-order chi connectivity index (χ1) is 13.6. The van der Waals surface area contributed by atoms with Crippen molar-refractivity contribution in [1.29, 1.82) is 0 Å². The van der Waals surface area contributed by atoms with Crippen molar-refractivity contribution in [2.45, 2.75) is 48.8 Å². The average molecular weight is 454 g/mol. The van der Waals surface area contributed by atoms with E-state index in [1.54, 1.807) is 12.1 Å². The van der Waals surface area contributed by atoms with Gasteiger partial charge in [0, 0.05) is 34.7 Å². The highest BCUT2D eigenvalue weighted by molar-refractivity contribution is 7.99. The molecule has 0 aliphatic carbocycles. The van der Waals surface area contributed by atoms with Gasteiger partial charge in [-0.2, -0.15) is 4.31 Å². The molecule has 1 aliphatic heterocycles. The number of amides is 1. The van der Waals surface area contributed by atoms with E-state index in [2.05, 4.69) is 31.1 Å². The summed E-state index contributed by atoms with van der Waals surface area (Å²) in [5.74, 6) is -0.291. The van der Waals surface area contributed by atoms with Gasteiger partial charge in [0.05, 0.1) is 10.6 Å². The molecule has 1 aromatic carbocycles. The number of nitrogens with zero attached hydrogens (tertiary/aromatic N) is 2. The summed E-state index contributed by atoms with van der Waals surface area (Å²) in [6, 6.07) is 7.05. The normalized spacial score (nSPS) is 16.7. The topological polar surface area (TPSA) is 79.4 Å². The fourth-order valence-electron chi connectivity index (χ4n) is 3.21. The highest BCUT2D eigenvalue weighted by atomic mass is 32.2. The number of thioether (sulfide) groups is 1. The van der Waals surface area contributed by atoms with Crippen LogP contribution in [0.1, 0.15) is 39.3 Å². The molecule has 1 aliphatic rings. The Morgan fingerprint density at radius 3 is 2.48 bits per heavy atom. The van der Waals surface area contributed by atoms with E-state index in [0.717, 1.165) is 10.6 Å². The second-order valence-electron chi connectivity index (χ2n) is 8.11. The number of sulfonamides is 1. The molecule has 1 amide bonds. The van der Waals surface area contributed by atoms with Crippen LogP contribution in [0.4, 0.5) is 5.13 Å². The number of carbonyl (C=O) groups excluding carboxylic acids is 1. The summed E-state index contributed by atoms with van der Waals surface area (Å²) in [4.78, 5) is 18.2. The molecule has 1 aromatic heterocycles. The Balaban J connectivity index is 1.62. The molecule has 6 nitrogen and oxygen atoms in total. The quantitative estimate of drug-likeness (QED) is 0.687. The Kier molecular flexibility index (Phi) is 6.72. The molecule has 0 saturated carbocycles. The zero-order chi connectivity index (χ0) is 21.2. The summed E-state index contributed by atoms with van der Waals surface area (Å²) < 4.78 is 27.6. The first-order valence-corrected chi connectivity index (χ1v) is 13.1. The SMILES string of the molecule is CSc1ccccc1S(=O)(=O)N1CCC(C(=O)Nc2nc(C(C)(C)C)cs2)CC1. The van der Waals surface area contributed by atoms with Gasteiger partial charge in [-0.15, -0.1) is 23.1 Å². The van der Waals surface area contributed by atoms with Crippen LogP contribution in [-0.2, 0) is 20.2 Å². The van der Waals surface area contributed by atoms with E-state index in [1.807, 2.05) is 23.8 Å². The molecule has 0 spiro atoms. The maximum absolute atomic E-state index is 13.0. The van der Waals surface area contributed by atoms with Gasteiger partial charge in [0.25, 0.3) is 0 Å². The van der Waals surface area contributed by atoms with E-state index in [0.29, 0.717) is 36.0 Å². The number of piperidine rings is 1. The molecule has 2 heterocycles. The van der Waals surface area contributed by atoms with Gasteiger partial charge in [-0.3, -0.25) is 4.79 Å². The lowest BCUT2D eigenvalue weighted by molar-refractivity contribution is -0.120. The summed E-state index contributed by atoms with van der Waals surface area (Å²) in [5.41, 5.74) is 0.887. The molecular formula is C20H27N3O3S3. The minimum absolute atomic E-state index is 0.0633. The predicted molar refractivity (Wildman–Crippen MR) is 119 cm³/mol. The minimum atomic E-state index is -3.56. The first kappa shape index (κ1) is 22.3. The van der Waals surface area contributed by atoms with Crippen molar-refractivity contribution in [2.75, 3.05) is 24.7 Å². The molecule has 1 saturated heterocycles. The van der Waals surface area contributed by atoms with Gasteiger partial charge < -0.3 is 5.32 Å². The van der Waals surface area contributed by atoms with E-state index < -0.39 is 10.0 Å². The van der Waals surface area contributed by atoms with Crippen molar-refractivity contribution in [3.8, 4) is 0 Å². The molecule has 0 unspecified atom stereocenters. The Labute approximate surface area is 181 Å². The smallest absolute Gasteiger partial charge is 0.244 e. The summed E-state index contributed by atoms with van der Waals surface area (Å²) in [6.45, 7) is 6.93. The van der Waals surface area contributed by atoms with Crippen LogP contribution >= 0.6 is 23.1 Å². The fraction of sp³-hybridized carbons (Fsp3) is 0.500. The molecule has 0 bridgehead atoms. The number of benzene rings is 1. The summed E-state index contributed by atoms with van der Waals surface area (Å²) in [7, 11) is -3.56.